The van der Waals surface area contributed by atoms with Crippen LogP contribution in [0.1, 0.15) is 114 Å². The van der Waals surface area contributed by atoms with Crippen LogP contribution in [0.15, 0.2) is 165 Å². The van der Waals surface area contributed by atoms with Crippen LogP contribution in [0.2, 0.25) is 0 Å². The number of nitrogens with one attached hydrogen (secondary N) is 6. The summed E-state index contributed by atoms with van der Waals surface area (Å²) in [5.74, 6) is 8.52. The molecule has 5 aliphatic carbocycles. The van der Waals surface area contributed by atoms with Crippen LogP contribution in [0, 0.1) is 6.92 Å². The second-order valence-corrected chi connectivity index (χ2v) is 31.2. The fourth-order valence-electron chi connectivity index (χ4n) is 16.3. The normalized spacial score (nSPS) is 20.2. The molecule has 0 spiro atoms. The first-order valence-corrected chi connectivity index (χ1v) is 40.4. The van der Waals surface area contributed by atoms with Crippen LogP contribution in [-0.4, -0.2) is 197 Å². The van der Waals surface area contributed by atoms with E-state index in [1.165, 1.54) is 5.56 Å². The molecule has 678 valence electrons. The van der Waals surface area contributed by atoms with E-state index in [-0.39, 0.29) is 141 Å². The first kappa shape index (κ1) is 107. The van der Waals surface area contributed by atoms with Crippen LogP contribution < -0.4 is 75.1 Å². The van der Waals surface area contributed by atoms with Crippen molar-refractivity contribution in [3.8, 4) is 28.3 Å². The Labute approximate surface area is 796 Å². The maximum absolute atomic E-state index is 6.05. The summed E-state index contributed by atoms with van der Waals surface area (Å²) in [6.45, 7) is 9.89. The molecular formula is C83H130N30OS10. The Morgan fingerprint density at radius 1 is 0.411 bits per heavy atom. The number of aromatic nitrogens is 16. The molecule has 31 nitrogen and oxygen atoms in total. The van der Waals surface area contributed by atoms with Crippen LogP contribution in [-0.2, 0) is 6.54 Å². The number of piperazine rings is 1. The molecule has 0 bridgehead atoms. The third-order valence-corrected chi connectivity index (χ3v) is 22.3. The zero-order valence-corrected chi connectivity index (χ0v) is 81.0. The number of benzene rings is 2. The van der Waals surface area contributed by atoms with Crippen LogP contribution in [0.5, 0.6) is 5.75 Å². The monoisotopic (exact) mass is 1880 g/mol. The van der Waals surface area contributed by atoms with E-state index >= 15 is 0 Å². The number of para-hydroxylation sites is 1. The molecule has 10 atom stereocenters. The quantitative estimate of drug-likeness (QED) is 0.0358. The van der Waals surface area contributed by atoms with Crippen molar-refractivity contribution in [3.63, 3.8) is 0 Å². The number of pyridine rings is 1. The van der Waals surface area contributed by atoms with E-state index in [2.05, 4.69) is 146 Å². The summed E-state index contributed by atoms with van der Waals surface area (Å²) < 4.78 is 14.8. The van der Waals surface area contributed by atoms with Gasteiger partial charge in [0.15, 0.2) is 28.2 Å². The summed E-state index contributed by atoms with van der Waals surface area (Å²) >= 11 is 0. The molecule has 5 saturated carbocycles. The van der Waals surface area contributed by atoms with E-state index in [0.29, 0.717) is 54.4 Å². The van der Waals surface area contributed by atoms with E-state index in [0.717, 1.165) is 244 Å². The number of likely N-dealkylation sites (N-methyl/N-ethyl adjacent to an activating group) is 1. The topological polar surface area (TPSA) is 385 Å². The summed E-state index contributed by atoms with van der Waals surface area (Å²) in [4.78, 5) is 34.6. The van der Waals surface area contributed by atoms with Gasteiger partial charge < -0.3 is 80.0 Å². The van der Waals surface area contributed by atoms with E-state index in [9.17, 15) is 0 Å². The standard InChI is InChI=1S/C19H24N6.C18H21N5O.C17H20N6.C16H25N7.C13H20N6.10H2S/c1-24(13-14-5-3-2-4-6-14)18-12-19(22-16-8-7-15(20)11-16)25-17(23-18)9-10-21-25;1-24-16-5-3-2-4-14(16)15-11-18(21-13-7-6-12(19)10-13)23-17(22-15)8-9-20-23;1-11-8-12(4-6-19-11)15-10-17(21-14-3-2-13(18)9-14)23-16(22-15)5-7-20-23;1-21-6-8-22(9-7-21)15-11-16(19-13-3-2-12(17)10-13)23-14(20-15)4-5-18-23;1-2-15-11-8-13(17-10-4-3-9(14)7-10)19-12(18-11)5-6-16-19;;;;;;;;;;/h2-6,9-10,12,15-16,22H,7-8,11,13,20H2,1H3;2-5,8-9,11-13,21H,6-7,10,19H2,1H3;4-8,10,13-14,21H,2-3,9,18H2,1H3;4-5,11-13,19H,2-3,6-10,17H2,1H3;5-6,8-10,17H,2-4,7,14H2,1H3,(H,15,18);10*1H2/t15-,16-;12-,13-;13-,14-;12-,13-;9-,10-;;;;;;;;;;/m00000........../s1. The Bertz CT molecular complexity index is 5330. The second kappa shape index (κ2) is 50.6. The highest BCUT2D eigenvalue weighted by Gasteiger charge is 2.29. The van der Waals surface area contributed by atoms with Gasteiger partial charge in [0.05, 0.1) is 49.5 Å². The predicted molar refractivity (Wildman–Crippen MR) is 557 cm³/mol. The minimum absolute atomic E-state index is 0. The molecule has 1 saturated heterocycles. The molecule has 11 aromatic heterocycles. The lowest BCUT2D eigenvalue weighted by Crippen LogP contribution is -2.44. The molecular weight excluding hydrogens is 1750 g/mol. The van der Waals surface area contributed by atoms with Crippen molar-refractivity contribution in [2.45, 2.75) is 177 Å². The molecule has 6 fully saturated rings. The van der Waals surface area contributed by atoms with Crippen LogP contribution in [0.4, 0.5) is 46.5 Å². The van der Waals surface area contributed by atoms with Gasteiger partial charge in [-0.1, -0.05) is 42.5 Å². The van der Waals surface area contributed by atoms with Crippen molar-refractivity contribution >= 4 is 210 Å². The smallest absolute Gasteiger partial charge is 0.159 e. The number of nitrogens with two attached hydrogens (primary N) is 5. The summed E-state index contributed by atoms with van der Waals surface area (Å²) in [7, 11) is 5.91. The fraction of sp³-hybridized carbons (Fsp3) is 0.434. The van der Waals surface area contributed by atoms with E-state index in [4.69, 9.17) is 53.3 Å². The highest BCUT2D eigenvalue weighted by molar-refractivity contribution is 7.60. The largest absolute Gasteiger partial charge is 0.496 e. The highest BCUT2D eigenvalue weighted by atomic mass is 32.1. The lowest BCUT2D eigenvalue weighted by molar-refractivity contribution is 0.312. The van der Waals surface area contributed by atoms with E-state index in [1.807, 2.05) is 127 Å². The number of ether oxygens (including phenoxy) is 1. The van der Waals surface area contributed by atoms with Crippen molar-refractivity contribution < 1.29 is 4.74 Å². The summed E-state index contributed by atoms with van der Waals surface area (Å²) in [5.41, 5.74) is 40.4. The number of rotatable bonds is 19. The highest BCUT2D eigenvalue weighted by Crippen LogP contribution is 2.34. The number of hydrogen-bond acceptors (Lipinski definition) is 26. The molecule has 16 N–H and O–H groups in total. The number of methoxy groups -OCH3 is 1. The van der Waals surface area contributed by atoms with Gasteiger partial charge in [-0.05, 0) is 147 Å². The molecule has 19 rings (SSSR count). The molecule has 0 amide bonds. The third kappa shape index (κ3) is 27.4. The second-order valence-electron chi connectivity index (χ2n) is 31.2. The molecule has 12 heterocycles. The van der Waals surface area contributed by atoms with Gasteiger partial charge in [-0.15, -0.1) is 0 Å². The van der Waals surface area contributed by atoms with Crippen LogP contribution in [0.3, 0.4) is 0 Å². The van der Waals surface area contributed by atoms with Gasteiger partial charge in [0.1, 0.15) is 52.3 Å². The molecule has 6 aliphatic rings. The van der Waals surface area contributed by atoms with Crippen molar-refractivity contribution in [2.75, 3.05) is 95.6 Å². The predicted octanol–water partition coefficient (Wildman–Crippen LogP) is 11.1. The van der Waals surface area contributed by atoms with Gasteiger partial charge in [-0.2, -0.15) is 183 Å². The van der Waals surface area contributed by atoms with E-state index in [1.54, 1.807) is 31.9 Å². The minimum atomic E-state index is 0. The Balaban J connectivity index is 0.000000270. The first-order valence-electron chi connectivity index (χ1n) is 40.4. The van der Waals surface area contributed by atoms with Crippen molar-refractivity contribution in [2.24, 2.45) is 28.7 Å². The number of nitrogens with zero attached hydrogens (tertiary/aromatic N) is 19. The number of hydrogen-bond donors (Lipinski definition) is 11. The van der Waals surface area contributed by atoms with Crippen LogP contribution in [0.25, 0.3) is 50.8 Å². The molecule has 124 heavy (non-hydrogen) atoms. The minimum Gasteiger partial charge on any atom is -0.496 e. The number of aryl methyl sites for hydroxylation is 1. The van der Waals surface area contributed by atoms with Gasteiger partial charge in [0.2, 0.25) is 0 Å². The maximum Gasteiger partial charge on any atom is 0.159 e. The average molecular weight is 1880 g/mol. The Morgan fingerprint density at radius 3 is 1.23 bits per heavy atom. The van der Waals surface area contributed by atoms with Crippen LogP contribution >= 0.6 is 135 Å². The number of fused-ring (bicyclic) bond motifs is 5. The molecule has 13 aromatic rings. The molecule has 0 unspecified atom stereocenters. The lowest BCUT2D eigenvalue weighted by Gasteiger charge is -2.33. The molecule has 1 aliphatic heterocycles. The SMILES string of the molecule is CCNc1cc(N[C@H]2CC[C@H](N)C2)n2nccc2n1.CN(Cc1ccccc1)c1cc(N[C@H]2CC[C@H](N)C2)n2nccc2n1.CN1CCN(c2cc(N[C@H]3CC[C@H](N)C3)n3nccc3n2)CC1.COc1ccccc1-c1cc(N[C@H]2CC[C@H](N)C2)n2nccc2n1.Cc1cc(-c2cc(N[C@H]3CC[C@H](N)C3)n3nccc3n2)ccn1.S.S.S.S.S.S.S.S.S.S. The fourth-order valence-corrected chi connectivity index (χ4v) is 16.3. The van der Waals surface area contributed by atoms with Gasteiger partial charge in [0.25, 0.3) is 0 Å². The van der Waals surface area contributed by atoms with Crippen molar-refractivity contribution in [1.82, 2.24) is 82.9 Å². The van der Waals surface area contributed by atoms with Gasteiger partial charge >= 0.3 is 0 Å². The van der Waals surface area contributed by atoms with Crippen molar-refractivity contribution in [3.05, 3.63) is 176 Å². The van der Waals surface area contributed by atoms with E-state index < -0.39 is 0 Å². The zero-order valence-electron chi connectivity index (χ0n) is 71.0. The first-order chi connectivity index (χ1) is 55.6. The Hall–Kier alpha value is -7.85. The molecule has 2 aromatic carbocycles. The Kier molecular flexibility index (Phi) is 43.6. The lowest BCUT2D eigenvalue weighted by atomic mass is 10.1. The van der Waals surface area contributed by atoms with Gasteiger partial charge in [-0.25, -0.2) is 24.9 Å². The van der Waals surface area contributed by atoms with Crippen molar-refractivity contribution in [1.29, 1.82) is 0 Å². The molecule has 0 radical (unpaired) electrons. The van der Waals surface area contributed by atoms with Gasteiger partial charge in [-0.3, -0.25) is 4.98 Å². The summed E-state index contributed by atoms with van der Waals surface area (Å²) in [6.07, 6.45) is 26.6. The third-order valence-electron chi connectivity index (χ3n) is 22.3. The zero-order chi connectivity index (χ0) is 78.6. The van der Waals surface area contributed by atoms with Gasteiger partial charge in [0, 0.05) is 190 Å². The molecule has 41 heteroatoms. The maximum atomic E-state index is 6.05. The summed E-state index contributed by atoms with van der Waals surface area (Å²) in [5, 5.41) is 43.1. The number of anilines is 8. The average Bonchev–Trinajstić information content (AvgIpc) is 1.61. The summed E-state index contributed by atoms with van der Waals surface area (Å²) in [6, 6.07) is 45.8. The Morgan fingerprint density at radius 2 is 0.798 bits per heavy atom.